The van der Waals surface area contributed by atoms with Gasteiger partial charge in [0.15, 0.2) is 0 Å². The van der Waals surface area contributed by atoms with E-state index in [4.69, 9.17) is 5.11 Å². The molecule has 1 rings (SSSR count). The van der Waals surface area contributed by atoms with Crippen LogP contribution in [0.15, 0.2) is 27.6 Å². The van der Waals surface area contributed by atoms with Crippen molar-refractivity contribution in [3.05, 3.63) is 33.2 Å². The van der Waals surface area contributed by atoms with E-state index < -0.39 is 5.97 Å². The summed E-state index contributed by atoms with van der Waals surface area (Å²) in [4.78, 5) is 21.3. The average molecular weight is 232 g/mol. The second-order valence-corrected chi connectivity index (χ2v) is 3.12. The molecule has 0 bridgehead atoms. The quantitative estimate of drug-likeness (QED) is 0.816. The lowest BCUT2D eigenvalue weighted by Crippen LogP contribution is -2.22. The predicted octanol–water partition coefficient (Wildman–Crippen LogP) is 0.695. The molecular formula is C7H6BrNO3. The second kappa shape index (κ2) is 3.53. The Morgan fingerprint density at radius 2 is 2.33 bits per heavy atom. The third-order valence-electron chi connectivity index (χ3n) is 1.26. The molecular weight excluding hydrogens is 226 g/mol. The summed E-state index contributed by atoms with van der Waals surface area (Å²) in [6, 6.07) is 2.94. The molecule has 0 aliphatic carbocycles. The van der Waals surface area contributed by atoms with Crippen molar-refractivity contribution in [3.8, 4) is 0 Å². The van der Waals surface area contributed by atoms with Gasteiger partial charge in [-0.1, -0.05) is 15.9 Å². The summed E-state index contributed by atoms with van der Waals surface area (Å²) in [6.07, 6.45) is 1.43. The molecule has 0 spiro atoms. The van der Waals surface area contributed by atoms with Gasteiger partial charge in [0.2, 0.25) is 0 Å². The fourth-order valence-electron chi connectivity index (χ4n) is 0.760. The van der Waals surface area contributed by atoms with Crippen molar-refractivity contribution in [1.29, 1.82) is 0 Å². The zero-order valence-electron chi connectivity index (χ0n) is 6.03. The fraction of sp³-hybridized carbons (Fsp3) is 0.143. The fourth-order valence-corrected chi connectivity index (χ4v) is 1.07. The molecule has 0 atom stereocenters. The van der Waals surface area contributed by atoms with E-state index in [1.54, 1.807) is 6.07 Å². The van der Waals surface area contributed by atoms with E-state index in [0.717, 1.165) is 4.57 Å². The minimum Gasteiger partial charge on any atom is -0.480 e. The van der Waals surface area contributed by atoms with Gasteiger partial charge in [0.1, 0.15) is 6.54 Å². The summed E-state index contributed by atoms with van der Waals surface area (Å²) in [5, 5.41) is 8.39. The molecule has 5 heteroatoms. The Kier molecular flexibility index (Phi) is 2.65. The molecule has 1 aromatic rings. The first kappa shape index (κ1) is 8.99. The highest BCUT2D eigenvalue weighted by Crippen LogP contribution is 2.03. The summed E-state index contributed by atoms with van der Waals surface area (Å²) >= 11 is 3.10. The molecule has 0 radical (unpaired) electrons. The number of rotatable bonds is 2. The van der Waals surface area contributed by atoms with Gasteiger partial charge < -0.3 is 9.67 Å². The summed E-state index contributed by atoms with van der Waals surface area (Å²) in [5.74, 6) is -1.03. The number of halogens is 1. The van der Waals surface area contributed by atoms with Crippen LogP contribution < -0.4 is 5.56 Å². The highest BCUT2D eigenvalue weighted by molar-refractivity contribution is 9.10. The van der Waals surface area contributed by atoms with E-state index in [1.165, 1.54) is 12.3 Å². The molecule has 0 aromatic carbocycles. The first-order valence-corrected chi connectivity index (χ1v) is 3.96. The number of hydrogen-bond donors (Lipinski definition) is 1. The lowest BCUT2D eigenvalue weighted by Gasteiger charge is -1.99. The van der Waals surface area contributed by atoms with Crippen molar-refractivity contribution in [3.63, 3.8) is 0 Å². The first-order valence-electron chi connectivity index (χ1n) is 3.17. The molecule has 4 nitrogen and oxygen atoms in total. The number of aromatic nitrogens is 1. The van der Waals surface area contributed by atoms with Crippen LogP contribution in [0.25, 0.3) is 0 Å². The van der Waals surface area contributed by atoms with Crippen molar-refractivity contribution in [2.45, 2.75) is 6.54 Å². The van der Waals surface area contributed by atoms with E-state index >= 15 is 0 Å². The van der Waals surface area contributed by atoms with Crippen molar-refractivity contribution >= 4 is 21.9 Å². The summed E-state index contributed by atoms with van der Waals surface area (Å²) in [6.45, 7) is -0.299. The van der Waals surface area contributed by atoms with Crippen molar-refractivity contribution in [1.82, 2.24) is 4.57 Å². The zero-order valence-corrected chi connectivity index (χ0v) is 7.61. The van der Waals surface area contributed by atoms with Crippen LogP contribution in [-0.2, 0) is 11.3 Å². The van der Waals surface area contributed by atoms with Crippen molar-refractivity contribution < 1.29 is 9.90 Å². The van der Waals surface area contributed by atoms with Crippen LogP contribution in [-0.4, -0.2) is 15.6 Å². The number of hydrogen-bond acceptors (Lipinski definition) is 2. The molecule has 0 saturated carbocycles. The van der Waals surface area contributed by atoms with Crippen molar-refractivity contribution in [2.75, 3.05) is 0 Å². The second-order valence-electron chi connectivity index (χ2n) is 2.20. The maximum absolute atomic E-state index is 11.0. The Labute approximate surface area is 76.6 Å². The highest BCUT2D eigenvalue weighted by atomic mass is 79.9. The Morgan fingerprint density at radius 3 is 2.83 bits per heavy atom. The zero-order chi connectivity index (χ0) is 9.14. The Bertz CT molecular complexity index is 358. The van der Waals surface area contributed by atoms with Crippen LogP contribution in [0.1, 0.15) is 0 Å². The highest BCUT2D eigenvalue weighted by Gasteiger charge is 2.00. The molecule has 0 unspecified atom stereocenters. The number of carbonyl (C=O) groups is 1. The molecule has 0 amide bonds. The van der Waals surface area contributed by atoms with E-state index in [-0.39, 0.29) is 12.1 Å². The Balaban J connectivity index is 3.02. The van der Waals surface area contributed by atoms with Crippen LogP contribution in [0.3, 0.4) is 0 Å². The molecule has 0 aliphatic heterocycles. The number of pyridine rings is 1. The topological polar surface area (TPSA) is 59.3 Å². The predicted molar refractivity (Wildman–Crippen MR) is 46.0 cm³/mol. The number of carboxylic acid groups (broad SMARTS) is 1. The normalized spacial score (nSPS) is 9.75. The van der Waals surface area contributed by atoms with E-state index in [1.807, 2.05) is 0 Å². The molecule has 1 aromatic heterocycles. The van der Waals surface area contributed by atoms with Crippen LogP contribution in [0.2, 0.25) is 0 Å². The minimum absolute atomic E-state index is 0.299. The molecule has 1 N–H and O–H groups in total. The van der Waals surface area contributed by atoms with Crippen LogP contribution in [0.5, 0.6) is 0 Å². The molecule has 64 valence electrons. The van der Waals surface area contributed by atoms with E-state index in [9.17, 15) is 9.59 Å². The third kappa shape index (κ3) is 2.20. The first-order chi connectivity index (χ1) is 5.59. The van der Waals surface area contributed by atoms with Gasteiger partial charge in [0, 0.05) is 16.7 Å². The van der Waals surface area contributed by atoms with Crippen molar-refractivity contribution in [2.24, 2.45) is 0 Å². The van der Waals surface area contributed by atoms with Crippen LogP contribution in [0, 0.1) is 0 Å². The maximum Gasteiger partial charge on any atom is 0.323 e. The SMILES string of the molecule is O=C(O)Cn1ccc(Br)cc1=O. The van der Waals surface area contributed by atoms with Gasteiger partial charge in [-0.3, -0.25) is 9.59 Å². The lowest BCUT2D eigenvalue weighted by atomic mass is 10.4. The van der Waals surface area contributed by atoms with Crippen LogP contribution >= 0.6 is 15.9 Å². The Morgan fingerprint density at radius 1 is 1.67 bits per heavy atom. The van der Waals surface area contributed by atoms with Gasteiger partial charge in [-0.25, -0.2) is 0 Å². The molecule has 0 saturated heterocycles. The molecule has 0 aliphatic rings. The van der Waals surface area contributed by atoms with Gasteiger partial charge in [0.05, 0.1) is 0 Å². The third-order valence-corrected chi connectivity index (χ3v) is 1.76. The summed E-state index contributed by atoms with van der Waals surface area (Å²) < 4.78 is 1.77. The van der Waals surface area contributed by atoms with E-state index in [0.29, 0.717) is 4.47 Å². The number of carboxylic acids is 1. The summed E-state index contributed by atoms with van der Waals surface area (Å²) in [5.41, 5.74) is -0.327. The number of nitrogens with zero attached hydrogens (tertiary/aromatic N) is 1. The average Bonchev–Trinajstić information content (AvgIpc) is 1.94. The smallest absolute Gasteiger partial charge is 0.323 e. The van der Waals surface area contributed by atoms with E-state index in [2.05, 4.69) is 15.9 Å². The summed E-state index contributed by atoms with van der Waals surface area (Å²) in [7, 11) is 0. The van der Waals surface area contributed by atoms with Gasteiger partial charge in [0.25, 0.3) is 5.56 Å². The molecule has 1 heterocycles. The largest absolute Gasteiger partial charge is 0.480 e. The molecule has 12 heavy (non-hydrogen) atoms. The standard InChI is InChI=1S/C7H6BrNO3/c8-5-1-2-9(4-7(11)12)6(10)3-5/h1-3H,4H2,(H,11,12). The number of aliphatic carboxylic acids is 1. The van der Waals surface area contributed by atoms with Gasteiger partial charge in [-0.15, -0.1) is 0 Å². The van der Waals surface area contributed by atoms with Crippen LogP contribution in [0.4, 0.5) is 0 Å². The Hall–Kier alpha value is -1.10. The van der Waals surface area contributed by atoms with Gasteiger partial charge >= 0.3 is 5.97 Å². The minimum atomic E-state index is -1.03. The van der Waals surface area contributed by atoms with Gasteiger partial charge in [-0.05, 0) is 6.07 Å². The monoisotopic (exact) mass is 231 g/mol. The van der Waals surface area contributed by atoms with Gasteiger partial charge in [-0.2, -0.15) is 0 Å². The molecule has 0 fully saturated rings. The lowest BCUT2D eigenvalue weighted by molar-refractivity contribution is -0.137. The maximum atomic E-state index is 11.0.